The SMILES string of the molecule is CC1CC(=O)N1CCc1ccccc1. The van der Waals surface area contributed by atoms with Gasteiger partial charge in [0.15, 0.2) is 0 Å². The van der Waals surface area contributed by atoms with Crippen molar-refractivity contribution in [2.45, 2.75) is 25.8 Å². The fraction of sp³-hybridized carbons (Fsp3) is 0.417. The first-order chi connectivity index (χ1) is 6.77. The van der Waals surface area contributed by atoms with E-state index in [4.69, 9.17) is 0 Å². The molecule has 1 heterocycles. The average Bonchev–Trinajstić information content (AvgIpc) is 2.19. The Morgan fingerprint density at radius 3 is 2.64 bits per heavy atom. The summed E-state index contributed by atoms with van der Waals surface area (Å²) in [6.07, 6.45) is 1.70. The van der Waals surface area contributed by atoms with Crippen LogP contribution in [0.5, 0.6) is 0 Å². The number of carbonyl (C=O) groups excluding carboxylic acids is 1. The number of amides is 1. The molecule has 0 bridgehead atoms. The summed E-state index contributed by atoms with van der Waals surface area (Å²) >= 11 is 0. The van der Waals surface area contributed by atoms with E-state index < -0.39 is 0 Å². The summed E-state index contributed by atoms with van der Waals surface area (Å²) in [5.74, 6) is 0.299. The van der Waals surface area contributed by atoms with E-state index in [9.17, 15) is 4.79 Å². The largest absolute Gasteiger partial charge is 0.339 e. The minimum absolute atomic E-state index is 0.299. The number of nitrogens with zero attached hydrogens (tertiary/aromatic N) is 1. The third-order valence-electron chi connectivity index (χ3n) is 2.81. The van der Waals surface area contributed by atoms with E-state index >= 15 is 0 Å². The lowest BCUT2D eigenvalue weighted by Crippen LogP contribution is -2.51. The van der Waals surface area contributed by atoms with E-state index in [1.165, 1.54) is 5.56 Å². The molecular weight excluding hydrogens is 174 g/mol. The van der Waals surface area contributed by atoms with Crippen molar-refractivity contribution in [3.63, 3.8) is 0 Å². The third kappa shape index (κ3) is 1.79. The Bertz CT molecular complexity index is 320. The van der Waals surface area contributed by atoms with Crippen LogP contribution in [0.3, 0.4) is 0 Å². The van der Waals surface area contributed by atoms with Crippen molar-refractivity contribution in [2.75, 3.05) is 6.54 Å². The summed E-state index contributed by atoms with van der Waals surface area (Å²) in [6, 6.07) is 10.8. The monoisotopic (exact) mass is 189 g/mol. The van der Waals surface area contributed by atoms with Gasteiger partial charge >= 0.3 is 0 Å². The van der Waals surface area contributed by atoms with E-state index in [0.29, 0.717) is 11.9 Å². The van der Waals surface area contributed by atoms with Crippen molar-refractivity contribution in [3.05, 3.63) is 35.9 Å². The lowest BCUT2D eigenvalue weighted by molar-refractivity contribution is -0.144. The van der Waals surface area contributed by atoms with Gasteiger partial charge in [-0.3, -0.25) is 4.79 Å². The maximum absolute atomic E-state index is 11.2. The van der Waals surface area contributed by atoms with Crippen LogP contribution in [0.1, 0.15) is 18.9 Å². The molecule has 0 aliphatic carbocycles. The van der Waals surface area contributed by atoms with Gasteiger partial charge in [-0.1, -0.05) is 30.3 Å². The molecule has 1 atom stereocenters. The molecule has 0 radical (unpaired) electrons. The maximum Gasteiger partial charge on any atom is 0.224 e. The van der Waals surface area contributed by atoms with E-state index in [0.717, 1.165) is 19.4 Å². The Morgan fingerprint density at radius 1 is 1.36 bits per heavy atom. The third-order valence-corrected chi connectivity index (χ3v) is 2.81. The molecule has 1 fully saturated rings. The molecule has 1 aromatic rings. The molecule has 1 unspecified atom stereocenters. The second-order valence-electron chi connectivity index (χ2n) is 3.88. The second kappa shape index (κ2) is 3.82. The van der Waals surface area contributed by atoms with Crippen molar-refractivity contribution in [3.8, 4) is 0 Å². The number of benzene rings is 1. The molecular formula is C12H15NO. The molecule has 0 spiro atoms. The zero-order valence-corrected chi connectivity index (χ0v) is 8.44. The highest BCUT2D eigenvalue weighted by Crippen LogP contribution is 2.18. The summed E-state index contributed by atoms with van der Waals surface area (Å²) in [5.41, 5.74) is 1.31. The number of hydrogen-bond acceptors (Lipinski definition) is 1. The summed E-state index contributed by atoms with van der Waals surface area (Å²) in [5, 5.41) is 0. The Labute approximate surface area is 84.5 Å². The van der Waals surface area contributed by atoms with Gasteiger partial charge in [-0.25, -0.2) is 0 Å². The van der Waals surface area contributed by atoms with Crippen molar-refractivity contribution < 1.29 is 4.79 Å². The quantitative estimate of drug-likeness (QED) is 0.664. The van der Waals surface area contributed by atoms with Gasteiger partial charge in [0.2, 0.25) is 5.91 Å². The lowest BCUT2D eigenvalue weighted by Gasteiger charge is -2.38. The molecule has 1 aliphatic rings. The van der Waals surface area contributed by atoms with Crippen molar-refractivity contribution >= 4 is 5.91 Å². The fourth-order valence-corrected chi connectivity index (χ4v) is 1.85. The van der Waals surface area contributed by atoms with Gasteiger partial charge in [-0.05, 0) is 18.9 Å². The summed E-state index contributed by atoms with van der Waals surface area (Å²) in [6.45, 7) is 2.97. The second-order valence-corrected chi connectivity index (χ2v) is 3.88. The summed E-state index contributed by atoms with van der Waals surface area (Å²) in [4.78, 5) is 13.1. The Kier molecular flexibility index (Phi) is 2.53. The van der Waals surface area contributed by atoms with Crippen molar-refractivity contribution in [2.24, 2.45) is 0 Å². The normalized spacial score (nSPS) is 20.8. The molecule has 1 saturated heterocycles. The molecule has 2 nitrogen and oxygen atoms in total. The zero-order chi connectivity index (χ0) is 9.97. The predicted molar refractivity (Wildman–Crippen MR) is 55.9 cm³/mol. The molecule has 0 saturated carbocycles. The predicted octanol–water partition coefficient (Wildman–Crippen LogP) is 1.85. The van der Waals surface area contributed by atoms with Gasteiger partial charge in [-0.15, -0.1) is 0 Å². The van der Waals surface area contributed by atoms with Crippen LogP contribution < -0.4 is 0 Å². The number of likely N-dealkylation sites (tertiary alicyclic amines) is 1. The molecule has 0 N–H and O–H groups in total. The first kappa shape index (κ1) is 9.25. The van der Waals surface area contributed by atoms with Crippen LogP contribution in [0.4, 0.5) is 0 Å². The van der Waals surface area contributed by atoms with E-state index in [-0.39, 0.29) is 0 Å². The highest BCUT2D eigenvalue weighted by molar-refractivity contribution is 5.82. The first-order valence-corrected chi connectivity index (χ1v) is 5.11. The van der Waals surface area contributed by atoms with Crippen LogP contribution in [0, 0.1) is 0 Å². The number of carbonyl (C=O) groups is 1. The molecule has 1 aromatic carbocycles. The summed E-state index contributed by atoms with van der Waals surface area (Å²) < 4.78 is 0. The number of β-lactam (4-membered cyclic amide) rings is 1. The van der Waals surface area contributed by atoms with Crippen LogP contribution in [0.15, 0.2) is 30.3 Å². The van der Waals surface area contributed by atoms with Crippen LogP contribution in [-0.2, 0) is 11.2 Å². The van der Waals surface area contributed by atoms with Gasteiger partial charge < -0.3 is 4.90 Å². The van der Waals surface area contributed by atoms with Gasteiger partial charge in [-0.2, -0.15) is 0 Å². The Morgan fingerprint density at radius 2 is 2.07 bits per heavy atom. The molecule has 1 amide bonds. The topological polar surface area (TPSA) is 20.3 Å². The van der Waals surface area contributed by atoms with Crippen LogP contribution >= 0.6 is 0 Å². The molecule has 2 rings (SSSR count). The number of hydrogen-bond donors (Lipinski definition) is 0. The molecule has 74 valence electrons. The van der Waals surface area contributed by atoms with Crippen LogP contribution in [0.2, 0.25) is 0 Å². The maximum atomic E-state index is 11.2. The fourth-order valence-electron chi connectivity index (χ4n) is 1.85. The Balaban J connectivity index is 1.86. The standard InChI is InChI=1S/C12H15NO/c1-10-9-12(14)13(10)8-7-11-5-3-2-4-6-11/h2-6,10H,7-9H2,1H3. The van der Waals surface area contributed by atoms with Crippen LogP contribution in [-0.4, -0.2) is 23.4 Å². The minimum atomic E-state index is 0.299. The average molecular weight is 189 g/mol. The van der Waals surface area contributed by atoms with Gasteiger partial charge in [0.1, 0.15) is 0 Å². The highest BCUT2D eigenvalue weighted by Gasteiger charge is 2.31. The molecule has 14 heavy (non-hydrogen) atoms. The molecule has 2 heteroatoms. The molecule has 0 aromatic heterocycles. The van der Waals surface area contributed by atoms with Gasteiger partial charge in [0.25, 0.3) is 0 Å². The smallest absolute Gasteiger partial charge is 0.224 e. The van der Waals surface area contributed by atoms with Crippen LogP contribution in [0.25, 0.3) is 0 Å². The van der Waals surface area contributed by atoms with Gasteiger partial charge in [0, 0.05) is 19.0 Å². The minimum Gasteiger partial charge on any atom is -0.339 e. The van der Waals surface area contributed by atoms with E-state index in [1.54, 1.807) is 0 Å². The number of rotatable bonds is 3. The van der Waals surface area contributed by atoms with Crippen molar-refractivity contribution in [1.82, 2.24) is 4.90 Å². The lowest BCUT2D eigenvalue weighted by atomic mass is 10.0. The summed E-state index contributed by atoms with van der Waals surface area (Å²) in [7, 11) is 0. The highest BCUT2D eigenvalue weighted by atomic mass is 16.2. The zero-order valence-electron chi connectivity index (χ0n) is 8.44. The van der Waals surface area contributed by atoms with Gasteiger partial charge in [0.05, 0.1) is 0 Å². The molecule has 1 aliphatic heterocycles. The van der Waals surface area contributed by atoms with Crippen molar-refractivity contribution in [1.29, 1.82) is 0 Å². The van der Waals surface area contributed by atoms with E-state index in [1.807, 2.05) is 23.1 Å². The Hall–Kier alpha value is -1.31. The first-order valence-electron chi connectivity index (χ1n) is 5.11. The van der Waals surface area contributed by atoms with E-state index in [2.05, 4.69) is 19.1 Å².